The van der Waals surface area contributed by atoms with Crippen molar-refractivity contribution in [1.29, 1.82) is 0 Å². The first-order valence-electron chi connectivity index (χ1n) is 7.73. The Labute approximate surface area is 138 Å². The third-order valence-corrected chi connectivity index (χ3v) is 4.30. The molecule has 0 amide bonds. The number of benzene rings is 2. The van der Waals surface area contributed by atoms with Gasteiger partial charge in [0.2, 0.25) is 0 Å². The fraction of sp³-hybridized carbons (Fsp3) is 0.368. The fourth-order valence-corrected chi connectivity index (χ4v) is 2.82. The van der Waals surface area contributed by atoms with E-state index in [9.17, 15) is 0 Å². The highest BCUT2D eigenvalue weighted by Gasteiger charge is 2.11. The van der Waals surface area contributed by atoms with Crippen LogP contribution >= 0.6 is 11.6 Å². The molecule has 2 aromatic rings. The molecule has 0 aliphatic heterocycles. The molecule has 0 bridgehead atoms. The molecule has 1 N–H and O–H groups in total. The van der Waals surface area contributed by atoms with Crippen molar-refractivity contribution < 1.29 is 4.74 Å². The number of aryl methyl sites for hydroxylation is 1. The van der Waals surface area contributed by atoms with E-state index in [0.717, 1.165) is 23.6 Å². The molecule has 2 atom stereocenters. The van der Waals surface area contributed by atoms with Crippen LogP contribution in [0.15, 0.2) is 48.5 Å². The van der Waals surface area contributed by atoms with Gasteiger partial charge in [0.25, 0.3) is 0 Å². The molecule has 0 saturated heterocycles. The molecule has 0 saturated carbocycles. The minimum Gasteiger partial charge on any atom is -0.497 e. The van der Waals surface area contributed by atoms with Crippen LogP contribution in [0.25, 0.3) is 0 Å². The van der Waals surface area contributed by atoms with E-state index in [4.69, 9.17) is 16.3 Å². The van der Waals surface area contributed by atoms with Crippen molar-refractivity contribution in [3.8, 4) is 5.75 Å². The third-order valence-electron chi connectivity index (χ3n) is 3.93. The van der Waals surface area contributed by atoms with Gasteiger partial charge in [0.15, 0.2) is 0 Å². The first-order chi connectivity index (χ1) is 10.6. The normalized spacial score (nSPS) is 13.6. The van der Waals surface area contributed by atoms with Crippen LogP contribution in [0.1, 0.15) is 37.4 Å². The summed E-state index contributed by atoms with van der Waals surface area (Å²) in [7, 11) is 1.70. The topological polar surface area (TPSA) is 21.3 Å². The molecule has 0 heterocycles. The summed E-state index contributed by atoms with van der Waals surface area (Å²) in [4.78, 5) is 0. The lowest BCUT2D eigenvalue weighted by atomic mass is 10.0. The van der Waals surface area contributed by atoms with Crippen LogP contribution in [0.5, 0.6) is 5.75 Å². The minimum absolute atomic E-state index is 0.288. The van der Waals surface area contributed by atoms with E-state index in [1.165, 1.54) is 11.1 Å². The van der Waals surface area contributed by atoms with Crippen molar-refractivity contribution in [2.75, 3.05) is 7.11 Å². The Morgan fingerprint density at radius 2 is 1.86 bits per heavy atom. The van der Waals surface area contributed by atoms with Crippen LogP contribution in [-0.2, 0) is 6.42 Å². The predicted octanol–water partition coefficient (Wildman–Crippen LogP) is 5.02. The molecule has 2 aromatic carbocycles. The van der Waals surface area contributed by atoms with E-state index >= 15 is 0 Å². The van der Waals surface area contributed by atoms with Crippen LogP contribution in [0.4, 0.5) is 0 Å². The van der Waals surface area contributed by atoms with Gasteiger partial charge in [0, 0.05) is 17.1 Å². The molecule has 0 aliphatic rings. The molecule has 0 unspecified atom stereocenters. The predicted molar refractivity (Wildman–Crippen MR) is 93.8 cm³/mol. The number of nitrogens with one attached hydrogen (secondary N) is 1. The second-order valence-corrected chi connectivity index (χ2v) is 6.10. The Kier molecular flexibility index (Phi) is 6.29. The molecule has 0 aromatic heterocycles. The second-order valence-electron chi connectivity index (χ2n) is 5.70. The van der Waals surface area contributed by atoms with Crippen LogP contribution in [-0.4, -0.2) is 13.2 Å². The van der Waals surface area contributed by atoms with Crippen LogP contribution in [0.2, 0.25) is 5.02 Å². The van der Waals surface area contributed by atoms with Gasteiger partial charge in [-0.05, 0) is 56.0 Å². The highest BCUT2D eigenvalue weighted by Crippen LogP contribution is 2.21. The number of halogens is 1. The highest BCUT2D eigenvalue weighted by molar-refractivity contribution is 6.31. The first kappa shape index (κ1) is 16.9. The average Bonchev–Trinajstić information content (AvgIpc) is 2.54. The molecule has 3 heteroatoms. The van der Waals surface area contributed by atoms with E-state index in [2.05, 4.69) is 37.4 Å². The molecule has 0 radical (unpaired) electrons. The van der Waals surface area contributed by atoms with Gasteiger partial charge in [-0.3, -0.25) is 0 Å². The minimum atomic E-state index is 0.288. The summed E-state index contributed by atoms with van der Waals surface area (Å²) < 4.78 is 5.29. The van der Waals surface area contributed by atoms with Gasteiger partial charge in [-0.15, -0.1) is 0 Å². The monoisotopic (exact) mass is 317 g/mol. The average molecular weight is 318 g/mol. The summed E-state index contributed by atoms with van der Waals surface area (Å²) in [5.74, 6) is 0.898. The summed E-state index contributed by atoms with van der Waals surface area (Å²) in [5.41, 5.74) is 2.45. The Morgan fingerprint density at radius 3 is 2.59 bits per heavy atom. The molecule has 2 rings (SSSR count). The lowest BCUT2D eigenvalue weighted by Crippen LogP contribution is -2.29. The molecule has 22 heavy (non-hydrogen) atoms. The number of rotatable bonds is 7. The van der Waals surface area contributed by atoms with E-state index in [1.807, 2.05) is 30.3 Å². The maximum atomic E-state index is 6.21. The molecular formula is C19H24ClNO. The van der Waals surface area contributed by atoms with Gasteiger partial charge in [-0.1, -0.05) is 41.9 Å². The van der Waals surface area contributed by atoms with Gasteiger partial charge in [-0.25, -0.2) is 0 Å². The van der Waals surface area contributed by atoms with Gasteiger partial charge >= 0.3 is 0 Å². The third kappa shape index (κ3) is 4.75. The Bertz CT molecular complexity index is 599. The van der Waals surface area contributed by atoms with E-state index in [1.54, 1.807) is 7.11 Å². The van der Waals surface area contributed by atoms with Crippen molar-refractivity contribution in [3.63, 3.8) is 0 Å². The lowest BCUT2D eigenvalue weighted by molar-refractivity contribution is 0.411. The van der Waals surface area contributed by atoms with Crippen molar-refractivity contribution in [1.82, 2.24) is 5.32 Å². The van der Waals surface area contributed by atoms with Crippen LogP contribution < -0.4 is 10.1 Å². The fourth-order valence-electron chi connectivity index (χ4n) is 2.59. The summed E-state index contributed by atoms with van der Waals surface area (Å²) in [6.07, 6.45) is 2.04. The van der Waals surface area contributed by atoms with Crippen molar-refractivity contribution in [3.05, 3.63) is 64.7 Å². The smallest absolute Gasteiger partial charge is 0.119 e. The Morgan fingerprint density at radius 1 is 1.09 bits per heavy atom. The number of ether oxygens (including phenoxy) is 1. The van der Waals surface area contributed by atoms with Crippen molar-refractivity contribution in [2.24, 2.45) is 0 Å². The quantitative estimate of drug-likeness (QED) is 0.774. The summed E-state index contributed by atoms with van der Waals surface area (Å²) in [6.45, 7) is 4.40. The number of hydrogen-bond donors (Lipinski definition) is 1. The SMILES string of the molecule is COc1cccc([C@@H](C)N[C@H](C)CCc2ccccc2Cl)c1. The summed E-state index contributed by atoms with van der Waals surface area (Å²) in [6, 6.07) is 17.0. The van der Waals surface area contributed by atoms with Gasteiger partial charge in [-0.2, -0.15) is 0 Å². The second kappa shape index (κ2) is 8.21. The molecule has 2 nitrogen and oxygen atoms in total. The van der Waals surface area contributed by atoms with Crippen molar-refractivity contribution in [2.45, 2.75) is 38.8 Å². The van der Waals surface area contributed by atoms with Crippen LogP contribution in [0.3, 0.4) is 0 Å². The number of methoxy groups -OCH3 is 1. The van der Waals surface area contributed by atoms with Gasteiger partial charge in [0.05, 0.1) is 7.11 Å². The zero-order valence-electron chi connectivity index (χ0n) is 13.5. The Balaban J connectivity index is 1.88. The maximum absolute atomic E-state index is 6.21. The van der Waals surface area contributed by atoms with Gasteiger partial charge in [0.1, 0.15) is 5.75 Å². The van der Waals surface area contributed by atoms with E-state index < -0.39 is 0 Å². The summed E-state index contributed by atoms with van der Waals surface area (Å²) in [5, 5.41) is 4.50. The Hall–Kier alpha value is -1.51. The first-order valence-corrected chi connectivity index (χ1v) is 8.11. The molecular weight excluding hydrogens is 294 g/mol. The highest BCUT2D eigenvalue weighted by atomic mass is 35.5. The molecule has 0 aliphatic carbocycles. The van der Waals surface area contributed by atoms with Gasteiger partial charge < -0.3 is 10.1 Å². The molecule has 0 fully saturated rings. The number of hydrogen-bond acceptors (Lipinski definition) is 2. The lowest BCUT2D eigenvalue weighted by Gasteiger charge is -2.21. The molecule has 0 spiro atoms. The molecule has 118 valence electrons. The zero-order chi connectivity index (χ0) is 15.9. The van der Waals surface area contributed by atoms with E-state index in [-0.39, 0.29) is 6.04 Å². The van der Waals surface area contributed by atoms with E-state index in [0.29, 0.717) is 6.04 Å². The summed E-state index contributed by atoms with van der Waals surface area (Å²) >= 11 is 6.21. The van der Waals surface area contributed by atoms with Crippen LogP contribution in [0, 0.1) is 0 Å². The largest absolute Gasteiger partial charge is 0.497 e. The van der Waals surface area contributed by atoms with Crippen molar-refractivity contribution >= 4 is 11.6 Å². The standard InChI is InChI=1S/C19H24ClNO/c1-14(11-12-16-7-4-5-10-19(16)20)21-15(2)17-8-6-9-18(13-17)22-3/h4-10,13-15,21H,11-12H2,1-3H3/t14-,15-/m1/s1. The maximum Gasteiger partial charge on any atom is 0.119 e. The zero-order valence-corrected chi connectivity index (χ0v) is 14.2.